The Morgan fingerprint density at radius 3 is 1.27 bits per heavy atom. The van der Waals surface area contributed by atoms with Crippen LogP contribution < -0.4 is 42.6 Å². The summed E-state index contributed by atoms with van der Waals surface area (Å²) in [6.07, 6.45) is 0. The van der Waals surface area contributed by atoms with Crippen molar-refractivity contribution in [1.82, 2.24) is 0 Å². The van der Waals surface area contributed by atoms with Gasteiger partial charge in [-0.3, -0.25) is 0 Å². The molecule has 4 aliphatic heterocycles. The minimum Gasteiger partial charge on any atom is -0.312 e. The molecular weight excluding hydrogens is 746 g/mol. The minimum atomic E-state index is 0.103. The molecule has 0 spiro atoms. The average Bonchev–Trinajstić information content (AvgIpc) is 3.31. The van der Waals surface area contributed by atoms with Crippen LogP contribution in [-0.2, 0) is 0 Å². The van der Waals surface area contributed by atoms with Gasteiger partial charge in [0.15, 0.2) is 0 Å². The Bertz CT molecular complexity index is 3550. The molecule has 0 unspecified atom stereocenters. The Hall–Kier alpha value is -7.03. The van der Waals surface area contributed by atoms with Crippen LogP contribution in [0.25, 0.3) is 54.6 Å². The van der Waals surface area contributed by atoms with Crippen molar-refractivity contribution >= 4 is 113 Å². The predicted molar refractivity (Wildman–Crippen MR) is 268 cm³/mol. The number of anilines is 6. The average molecular weight is 789 g/mol. The first kappa shape index (κ1) is 34.7. The van der Waals surface area contributed by atoms with Gasteiger partial charge in [0, 0.05) is 34.1 Å². The van der Waals surface area contributed by atoms with Gasteiger partial charge in [0.2, 0.25) is 13.4 Å². The lowest BCUT2D eigenvalue weighted by molar-refractivity contribution is 0.876. The number of hydrogen-bond donors (Lipinski definition) is 0. The van der Waals surface area contributed by atoms with E-state index in [1.165, 1.54) is 133 Å². The lowest BCUT2D eigenvalue weighted by atomic mass is 9.31. The summed E-state index contributed by atoms with van der Waals surface area (Å²) in [7, 11) is 0. The maximum absolute atomic E-state index is 2.66. The zero-order valence-electron chi connectivity index (χ0n) is 35.4. The van der Waals surface area contributed by atoms with E-state index < -0.39 is 0 Å². The summed E-state index contributed by atoms with van der Waals surface area (Å²) in [6.45, 7) is 9.82. The maximum atomic E-state index is 2.66. The molecule has 0 N–H and O–H groups in total. The molecule has 4 heterocycles. The van der Waals surface area contributed by atoms with E-state index >= 15 is 0 Å². The van der Waals surface area contributed by atoms with Crippen LogP contribution in [-0.4, -0.2) is 13.4 Å². The van der Waals surface area contributed by atoms with Crippen LogP contribution in [0.15, 0.2) is 170 Å². The predicted octanol–water partition coefficient (Wildman–Crippen LogP) is 11.4. The Labute approximate surface area is 363 Å². The van der Waals surface area contributed by atoms with Crippen molar-refractivity contribution in [1.29, 1.82) is 0 Å². The SMILES string of the molecule is CC(C)c1cc2c3c(cc4c(C(C)C)cc5c6c(cc1c3c46)B1c3ccccc3N(c3ccccc3)c3cccc-5c31)-c1cccc3c1B2c1ccccc1N3c1ccccc1. The molecule has 0 atom stereocenters. The largest absolute Gasteiger partial charge is 0.312 e. The Balaban J connectivity index is 1.16. The molecule has 0 amide bonds. The topological polar surface area (TPSA) is 6.48 Å². The second-order valence-corrected chi connectivity index (χ2v) is 18.7. The summed E-state index contributed by atoms with van der Waals surface area (Å²) in [5.74, 6) is 0.654. The van der Waals surface area contributed by atoms with E-state index in [0.29, 0.717) is 11.8 Å². The molecule has 0 aliphatic carbocycles. The third-order valence-corrected chi connectivity index (χ3v) is 14.9. The van der Waals surface area contributed by atoms with Gasteiger partial charge in [-0.2, -0.15) is 0 Å². The maximum Gasteiger partial charge on any atom is 0.248 e. The van der Waals surface area contributed by atoms with Crippen molar-refractivity contribution in [2.75, 3.05) is 9.80 Å². The molecule has 0 saturated heterocycles. The Morgan fingerprint density at radius 1 is 0.339 bits per heavy atom. The normalized spacial score (nSPS) is 14.0. The zero-order chi connectivity index (χ0) is 41.1. The van der Waals surface area contributed by atoms with E-state index in [1.807, 2.05) is 0 Å². The quantitative estimate of drug-likeness (QED) is 0.129. The highest BCUT2D eigenvalue weighted by Gasteiger charge is 2.45. The molecular formula is C58H42B2N2. The van der Waals surface area contributed by atoms with Crippen LogP contribution in [0.5, 0.6) is 0 Å². The third kappa shape index (κ3) is 4.27. The molecule has 4 aliphatic rings. The molecule has 62 heavy (non-hydrogen) atoms. The van der Waals surface area contributed by atoms with Crippen LogP contribution >= 0.6 is 0 Å². The highest BCUT2D eigenvalue weighted by molar-refractivity contribution is 7.02. The van der Waals surface area contributed by atoms with Gasteiger partial charge in [-0.15, -0.1) is 0 Å². The Morgan fingerprint density at radius 2 is 0.758 bits per heavy atom. The third-order valence-electron chi connectivity index (χ3n) is 14.9. The summed E-state index contributed by atoms with van der Waals surface area (Å²) in [5, 5.41) is 8.60. The fourth-order valence-corrected chi connectivity index (χ4v) is 12.5. The number of nitrogens with zero attached hydrogens (tertiary/aromatic N) is 2. The molecule has 0 aromatic heterocycles. The van der Waals surface area contributed by atoms with Crippen molar-refractivity contribution in [3.63, 3.8) is 0 Å². The van der Waals surface area contributed by atoms with Crippen LogP contribution in [0.1, 0.15) is 50.7 Å². The molecule has 0 radical (unpaired) electrons. The molecule has 0 bridgehead atoms. The lowest BCUT2D eigenvalue weighted by Crippen LogP contribution is -2.60. The highest BCUT2D eigenvalue weighted by Crippen LogP contribution is 2.51. The van der Waals surface area contributed by atoms with Gasteiger partial charge in [-0.25, -0.2) is 0 Å². The molecule has 10 aromatic rings. The molecule has 0 fully saturated rings. The van der Waals surface area contributed by atoms with Gasteiger partial charge in [0.1, 0.15) is 0 Å². The van der Waals surface area contributed by atoms with Crippen LogP contribution in [0, 0.1) is 0 Å². The van der Waals surface area contributed by atoms with Gasteiger partial charge in [0.05, 0.1) is 0 Å². The molecule has 0 saturated carbocycles. The van der Waals surface area contributed by atoms with E-state index in [0.717, 1.165) is 0 Å². The fraction of sp³-hybridized carbons (Fsp3) is 0.103. The number of benzene rings is 10. The molecule has 10 aromatic carbocycles. The van der Waals surface area contributed by atoms with Crippen molar-refractivity contribution in [2.45, 2.75) is 39.5 Å². The van der Waals surface area contributed by atoms with Gasteiger partial charge >= 0.3 is 0 Å². The van der Waals surface area contributed by atoms with Crippen LogP contribution in [0.3, 0.4) is 0 Å². The van der Waals surface area contributed by atoms with E-state index in [1.54, 1.807) is 0 Å². The van der Waals surface area contributed by atoms with Crippen LogP contribution in [0.2, 0.25) is 0 Å². The number of fused-ring (bicyclic) bond motifs is 8. The molecule has 14 rings (SSSR count). The molecule has 290 valence electrons. The van der Waals surface area contributed by atoms with E-state index in [4.69, 9.17) is 0 Å². The lowest BCUT2D eigenvalue weighted by Gasteiger charge is -2.42. The van der Waals surface area contributed by atoms with Crippen molar-refractivity contribution in [3.05, 3.63) is 181 Å². The molecule has 4 heteroatoms. The van der Waals surface area contributed by atoms with Crippen molar-refractivity contribution in [2.24, 2.45) is 0 Å². The van der Waals surface area contributed by atoms with Crippen molar-refractivity contribution in [3.8, 4) is 22.3 Å². The highest BCUT2D eigenvalue weighted by atomic mass is 15.2. The van der Waals surface area contributed by atoms with E-state index in [-0.39, 0.29) is 13.4 Å². The summed E-state index contributed by atoms with van der Waals surface area (Å²) < 4.78 is 0. The summed E-state index contributed by atoms with van der Waals surface area (Å²) in [4.78, 5) is 5.01. The smallest absolute Gasteiger partial charge is 0.248 e. The second kappa shape index (κ2) is 12.3. The first-order chi connectivity index (χ1) is 30.5. The second-order valence-electron chi connectivity index (χ2n) is 18.7. The first-order valence-corrected chi connectivity index (χ1v) is 22.5. The van der Waals surface area contributed by atoms with Gasteiger partial charge in [0.25, 0.3) is 0 Å². The van der Waals surface area contributed by atoms with Crippen molar-refractivity contribution < 1.29 is 0 Å². The Kier molecular flexibility index (Phi) is 6.87. The van der Waals surface area contributed by atoms with E-state index in [2.05, 4.69) is 207 Å². The van der Waals surface area contributed by atoms with Crippen LogP contribution in [0.4, 0.5) is 34.1 Å². The zero-order valence-corrected chi connectivity index (χ0v) is 35.4. The standard InChI is InChI=1S/C58H42B2N2/c1-33(2)39-29-41-37-21-15-27-51-57(37)60(46-24-12-14-26-50(46)62(51)36-19-9-6-10-20-36)48-32-44-40(34(3)4)31-47-54-42(30-43(39)55(53(41)48)56(44)54)38-22-16-28-52-58(38)59(47)45-23-11-13-25-49(45)61(52)35-17-7-5-8-18-35/h5-34H,1-4H3. The first-order valence-electron chi connectivity index (χ1n) is 22.5. The summed E-state index contributed by atoms with van der Waals surface area (Å²) >= 11 is 0. The summed E-state index contributed by atoms with van der Waals surface area (Å²) in [6, 6.07) is 64.9. The monoisotopic (exact) mass is 788 g/mol. The minimum absolute atomic E-state index is 0.103. The molecule has 2 nitrogen and oxygen atoms in total. The number of rotatable bonds is 4. The van der Waals surface area contributed by atoms with E-state index in [9.17, 15) is 0 Å². The number of hydrogen-bond acceptors (Lipinski definition) is 2. The summed E-state index contributed by atoms with van der Waals surface area (Å²) in [5.41, 5.74) is 24.3. The fourth-order valence-electron chi connectivity index (χ4n) is 12.5. The van der Waals surface area contributed by atoms with Gasteiger partial charge in [-0.1, -0.05) is 148 Å². The van der Waals surface area contributed by atoms with Gasteiger partial charge in [-0.05, 0) is 160 Å². The van der Waals surface area contributed by atoms with Gasteiger partial charge < -0.3 is 9.80 Å². The number of para-hydroxylation sites is 4.